The molecular weight excluding hydrogens is 232 g/mol. The number of piperidine rings is 1. The molecule has 0 bridgehead atoms. The van der Waals surface area contributed by atoms with Crippen molar-refractivity contribution in [1.82, 2.24) is 4.90 Å². The third-order valence-electron chi connectivity index (χ3n) is 4.21. The van der Waals surface area contributed by atoms with Gasteiger partial charge in [-0.25, -0.2) is 0 Å². The van der Waals surface area contributed by atoms with Gasteiger partial charge in [-0.3, -0.25) is 0 Å². The molecule has 2 nitrogen and oxygen atoms in total. The van der Waals surface area contributed by atoms with Crippen LogP contribution in [0.3, 0.4) is 0 Å². The summed E-state index contributed by atoms with van der Waals surface area (Å²) in [6, 6.07) is 9.60. The van der Waals surface area contributed by atoms with Crippen molar-refractivity contribution in [2.24, 2.45) is 0 Å². The summed E-state index contributed by atoms with van der Waals surface area (Å²) in [7, 11) is 2.24. The van der Waals surface area contributed by atoms with Crippen LogP contribution in [0.25, 0.3) is 0 Å². The molecule has 1 atom stereocenters. The summed E-state index contributed by atoms with van der Waals surface area (Å²) in [5.74, 6) is 0. The second kappa shape index (κ2) is 5.96. The number of hydrogen-bond donors (Lipinski definition) is 1. The van der Waals surface area contributed by atoms with E-state index in [0.29, 0.717) is 6.04 Å². The van der Waals surface area contributed by atoms with E-state index in [-0.39, 0.29) is 5.41 Å². The lowest BCUT2D eigenvalue weighted by atomic mass is 9.87. The van der Waals surface area contributed by atoms with E-state index in [4.69, 9.17) is 0 Å². The van der Waals surface area contributed by atoms with Crippen LogP contribution in [0.4, 0.5) is 5.69 Å². The van der Waals surface area contributed by atoms with E-state index in [2.05, 4.69) is 62.3 Å². The average Bonchev–Trinajstić information content (AvgIpc) is 2.37. The lowest BCUT2D eigenvalue weighted by molar-refractivity contribution is 0.194. The molecule has 1 N–H and O–H groups in total. The second-order valence-electron chi connectivity index (χ2n) is 6.84. The Kier molecular flexibility index (Phi) is 4.51. The maximum atomic E-state index is 3.58. The first-order chi connectivity index (χ1) is 8.97. The van der Waals surface area contributed by atoms with Crippen LogP contribution in [0, 0.1) is 0 Å². The molecule has 2 rings (SSSR count). The number of likely N-dealkylation sites (N-methyl/N-ethyl adjacent to an activating group) is 1. The van der Waals surface area contributed by atoms with Crippen LogP contribution in [-0.4, -0.2) is 31.1 Å². The maximum Gasteiger partial charge on any atom is 0.0340 e. The molecule has 0 saturated carbocycles. The van der Waals surface area contributed by atoms with Gasteiger partial charge in [-0.15, -0.1) is 0 Å². The molecule has 0 amide bonds. The molecule has 1 saturated heterocycles. The zero-order chi connectivity index (χ0) is 13.9. The van der Waals surface area contributed by atoms with Crippen molar-refractivity contribution in [3.05, 3.63) is 29.8 Å². The number of nitrogens with one attached hydrogen (secondary N) is 1. The largest absolute Gasteiger partial charge is 0.383 e. The summed E-state index contributed by atoms with van der Waals surface area (Å²) >= 11 is 0. The topological polar surface area (TPSA) is 15.3 Å². The fourth-order valence-corrected chi connectivity index (χ4v) is 2.73. The van der Waals surface area contributed by atoms with E-state index in [9.17, 15) is 0 Å². The lowest BCUT2D eigenvalue weighted by Crippen LogP contribution is -2.40. The van der Waals surface area contributed by atoms with Gasteiger partial charge in [-0.2, -0.15) is 0 Å². The Balaban J connectivity index is 1.89. The SMILES string of the molecule is CN1CCCCC1CNc1ccc(C(C)(C)C)cc1. The fraction of sp³-hybridized carbons (Fsp3) is 0.647. The minimum atomic E-state index is 0.238. The molecule has 19 heavy (non-hydrogen) atoms. The molecule has 0 aromatic heterocycles. The second-order valence-corrected chi connectivity index (χ2v) is 6.84. The van der Waals surface area contributed by atoms with Gasteiger partial charge in [0.2, 0.25) is 0 Å². The molecule has 1 aromatic carbocycles. The standard InChI is InChI=1S/C17H28N2/c1-17(2,3)14-8-10-15(11-9-14)18-13-16-7-5-6-12-19(16)4/h8-11,16,18H,5-7,12-13H2,1-4H3. The molecule has 1 aliphatic heterocycles. The fourth-order valence-electron chi connectivity index (χ4n) is 2.73. The molecule has 0 spiro atoms. The van der Waals surface area contributed by atoms with Crippen LogP contribution in [0.5, 0.6) is 0 Å². The van der Waals surface area contributed by atoms with Crippen LogP contribution < -0.4 is 5.32 Å². The van der Waals surface area contributed by atoms with Gasteiger partial charge in [0, 0.05) is 18.3 Å². The van der Waals surface area contributed by atoms with Gasteiger partial charge in [-0.05, 0) is 49.5 Å². The number of likely N-dealkylation sites (tertiary alicyclic amines) is 1. The third-order valence-corrected chi connectivity index (χ3v) is 4.21. The molecule has 2 heteroatoms. The van der Waals surface area contributed by atoms with Crippen molar-refractivity contribution < 1.29 is 0 Å². The first-order valence-electron chi connectivity index (χ1n) is 7.51. The predicted octanol–water partition coefficient (Wildman–Crippen LogP) is 3.88. The lowest BCUT2D eigenvalue weighted by Gasteiger charge is -2.32. The normalized spacial score (nSPS) is 21.4. The van der Waals surface area contributed by atoms with Crippen molar-refractivity contribution >= 4 is 5.69 Å². The van der Waals surface area contributed by atoms with Gasteiger partial charge in [-0.1, -0.05) is 39.3 Å². The van der Waals surface area contributed by atoms with E-state index >= 15 is 0 Å². The van der Waals surface area contributed by atoms with Crippen LogP contribution in [0.2, 0.25) is 0 Å². The van der Waals surface area contributed by atoms with Crippen molar-refractivity contribution in [3.8, 4) is 0 Å². The third kappa shape index (κ3) is 3.97. The number of benzene rings is 1. The number of hydrogen-bond acceptors (Lipinski definition) is 2. The van der Waals surface area contributed by atoms with E-state index in [1.807, 2.05) is 0 Å². The van der Waals surface area contributed by atoms with Crippen LogP contribution >= 0.6 is 0 Å². The van der Waals surface area contributed by atoms with Gasteiger partial charge in [0.25, 0.3) is 0 Å². The Morgan fingerprint density at radius 3 is 2.42 bits per heavy atom. The van der Waals surface area contributed by atoms with Gasteiger partial charge >= 0.3 is 0 Å². The zero-order valence-corrected chi connectivity index (χ0v) is 12.9. The molecule has 1 aliphatic rings. The van der Waals surface area contributed by atoms with E-state index in [1.165, 1.54) is 37.1 Å². The Morgan fingerprint density at radius 1 is 1.16 bits per heavy atom. The summed E-state index contributed by atoms with van der Waals surface area (Å²) in [6.45, 7) is 9.08. The van der Waals surface area contributed by atoms with E-state index in [1.54, 1.807) is 0 Å². The molecule has 0 aliphatic carbocycles. The molecular formula is C17H28N2. The highest BCUT2D eigenvalue weighted by Crippen LogP contribution is 2.23. The van der Waals surface area contributed by atoms with Crippen molar-refractivity contribution in [1.29, 1.82) is 0 Å². The number of rotatable bonds is 3. The average molecular weight is 260 g/mol. The molecule has 1 aromatic rings. The van der Waals surface area contributed by atoms with Gasteiger partial charge < -0.3 is 10.2 Å². The van der Waals surface area contributed by atoms with Gasteiger partial charge in [0.05, 0.1) is 0 Å². The molecule has 1 heterocycles. The Morgan fingerprint density at radius 2 is 1.84 bits per heavy atom. The summed E-state index contributed by atoms with van der Waals surface area (Å²) in [5.41, 5.74) is 2.88. The minimum Gasteiger partial charge on any atom is -0.383 e. The zero-order valence-electron chi connectivity index (χ0n) is 12.9. The Bertz CT molecular complexity index is 389. The Hall–Kier alpha value is -1.02. The van der Waals surface area contributed by atoms with Crippen LogP contribution in [0.1, 0.15) is 45.6 Å². The van der Waals surface area contributed by atoms with Gasteiger partial charge in [0.15, 0.2) is 0 Å². The summed E-state index contributed by atoms with van der Waals surface area (Å²) in [6.07, 6.45) is 4.05. The summed E-state index contributed by atoms with van der Waals surface area (Å²) in [4.78, 5) is 2.49. The highest BCUT2D eigenvalue weighted by Gasteiger charge is 2.18. The number of anilines is 1. The van der Waals surface area contributed by atoms with Crippen LogP contribution in [0.15, 0.2) is 24.3 Å². The monoisotopic (exact) mass is 260 g/mol. The minimum absolute atomic E-state index is 0.238. The summed E-state index contributed by atoms with van der Waals surface area (Å²) < 4.78 is 0. The van der Waals surface area contributed by atoms with E-state index in [0.717, 1.165) is 6.54 Å². The summed E-state index contributed by atoms with van der Waals surface area (Å²) in [5, 5.41) is 3.58. The molecule has 1 unspecified atom stereocenters. The van der Waals surface area contributed by atoms with Crippen LogP contribution in [-0.2, 0) is 5.41 Å². The highest BCUT2D eigenvalue weighted by atomic mass is 15.2. The Labute approximate surface area is 118 Å². The van der Waals surface area contributed by atoms with Crippen molar-refractivity contribution in [2.45, 2.75) is 51.5 Å². The van der Waals surface area contributed by atoms with Crippen molar-refractivity contribution in [2.75, 3.05) is 25.5 Å². The van der Waals surface area contributed by atoms with E-state index < -0.39 is 0 Å². The quantitative estimate of drug-likeness (QED) is 0.887. The maximum absolute atomic E-state index is 3.58. The van der Waals surface area contributed by atoms with Gasteiger partial charge in [0.1, 0.15) is 0 Å². The molecule has 1 fully saturated rings. The predicted molar refractivity (Wildman–Crippen MR) is 83.9 cm³/mol. The highest BCUT2D eigenvalue weighted by molar-refractivity contribution is 5.45. The first-order valence-corrected chi connectivity index (χ1v) is 7.51. The first kappa shape index (κ1) is 14.4. The number of nitrogens with zero attached hydrogens (tertiary/aromatic N) is 1. The molecule has 106 valence electrons. The molecule has 0 radical (unpaired) electrons. The smallest absolute Gasteiger partial charge is 0.0340 e. The van der Waals surface area contributed by atoms with Crippen molar-refractivity contribution in [3.63, 3.8) is 0 Å².